The zero-order valence-electron chi connectivity index (χ0n) is 13.1. The second-order valence-corrected chi connectivity index (χ2v) is 6.61. The van der Waals surface area contributed by atoms with Crippen molar-refractivity contribution in [2.24, 2.45) is 0 Å². The van der Waals surface area contributed by atoms with Crippen LogP contribution in [-0.2, 0) is 4.79 Å². The summed E-state index contributed by atoms with van der Waals surface area (Å²) in [6, 6.07) is 5.33. The number of benzene rings is 1. The lowest BCUT2D eigenvalue weighted by Crippen LogP contribution is -2.08. The van der Waals surface area contributed by atoms with Crippen LogP contribution >= 0.6 is 22.9 Å². The van der Waals surface area contributed by atoms with E-state index in [0.717, 1.165) is 11.4 Å². The van der Waals surface area contributed by atoms with Crippen LogP contribution in [0.1, 0.15) is 12.1 Å². The first-order valence-electron chi connectivity index (χ1n) is 7.70. The number of carbonyl (C=O) groups is 1. The van der Waals surface area contributed by atoms with Gasteiger partial charge in [0, 0.05) is 35.8 Å². The third-order valence-corrected chi connectivity index (χ3v) is 4.70. The summed E-state index contributed by atoms with van der Waals surface area (Å²) >= 11 is 7.59. The Labute approximate surface area is 152 Å². The fourth-order valence-electron chi connectivity index (χ4n) is 2.51. The van der Waals surface area contributed by atoms with Gasteiger partial charge in [0.25, 0.3) is 0 Å². The highest BCUT2D eigenvalue weighted by molar-refractivity contribution is 7.15. The largest absolute Gasteiger partial charge is 0.490 e. The highest BCUT2D eigenvalue weighted by Crippen LogP contribution is 2.32. The molecule has 8 heteroatoms. The summed E-state index contributed by atoms with van der Waals surface area (Å²) in [7, 11) is 0. The summed E-state index contributed by atoms with van der Waals surface area (Å²) in [5, 5.41) is 5.08. The quantitative estimate of drug-likeness (QED) is 0.706. The number of nitrogens with zero attached hydrogens (tertiary/aromatic N) is 2. The van der Waals surface area contributed by atoms with Crippen molar-refractivity contribution in [2.75, 3.05) is 18.5 Å². The summed E-state index contributed by atoms with van der Waals surface area (Å²) < 4.78 is 13.0. The van der Waals surface area contributed by atoms with Crippen LogP contribution in [0.3, 0.4) is 0 Å². The molecular weight excluding hydrogens is 362 g/mol. The minimum atomic E-state index is -0.268. The first kappa shape index (κ1) is 16.0. The molecule has 2 aromatic heterocycles. The lowest BCUT2D eigenvalue weighted by atomic mass is 10.2. The van der Waals surface area contributed by atoms with Crippen molar-refractivity contribution in [3.8, 4) is 11.5 Å². The molecule has 1 amide bonds. The second-order valence-electron chi connectivity index (χ2n) is 5.38. The van der Waals surface area contributed by atoms with Crippen molar-refractivity contribution in [1.82, 2.24) is 9.38 Å². The molecule has 3 heterocycles. The second kappa shape index (κ2) is 6.78. The molecule has 1 N–H and O–H groups in total. The van der Waals surface area contributed by atoms with Crippen molar-refractivity contribution in [3.05, 3.63) is 46.7 Å². The minimum absolute atomic E-state index is 0.268. The van der Waals surface area contributed by atoms with Crippen molar-refractivity contribution >= 4 is 45.6 Å². The number of nitrogens with one attached hydrogen (secondary N) is 1. The fraction of sp³-hybridized carbons (Fsp3) is 0.176. The number of amides is 1. The molecule has 1 aromatic carbocycles. The van der Waals surface area contributed by atoms with E-state index in [1.165, 1.54) is 17.4 Å². The molecule has 0 saturated heterocycles. The summed E-state index contributed by atoms with van der Waals surface area (Å²) in [6.45, 7) is 1.23. The highest BCUT2D eigenvalue weighted by Gasteiger charge is 2.12. The number of hydrogen-bond donors (Lipinski definition) is 1. The number of halogens is 1. The number of ether oxygens (including phenoxy) is 2. The summed E-state index contributed by atoms with van der Waals surface area (Å²) in [6.07, 6.45) is 5.77. The molecule has 3 aromatic rings. The Morgan fingerprint density at radius 1 is 1.32 bits per heavy atom. The molecule has 0 saturated carbocycles. The van der Waals surface area contributed by atoms with Crippen LogP contribution in [0.5, 0.6) is 11.5 Å². The number of aromatic nitrogens is 2. The van der Waals surface area contributed by atoms with Gasteiger partial charge in [-0.1, -0.05) is 11.6 Å². The molecule has 1 aliphatic heterocycles. The number of imidazole rings is 1. The average Bonchev–Trinajstić information content (AvgIpc) is 3.05. The standard InChI is InChI=1S/C17H14ClN3O3S/c18-16-12(21-6-9-25-17(21)20-16)3-5-15(22)19-11-2-4-13-14(10-11)24-8-1-7-23-13/h2-6,9-10H,1,7-8H2,(H,19,22)/b5-3+. The minimum Gasteiger partial charge on any atom is -0.490 e. The lowest BCUT2D eigenvalue weighted by Gasteiger charge is -2.09. The topological polar surface area (TPSA) is 64.9 Å². The van der Waals surface area contributed by atoms with Crippen molar-refractivity contribution < 1.29 is 14.3 Å². The van der Waals surface area contributed by atoms with Crippen molar-refractivity contribution in [2.45, 2.75) is 6.42 Å². The Morgan fingerprint density at radius 2 is 2.16 bits per heavy atom. The fourth-order valence-corrected chi connectivity index (χ4v) is 3.51. The Kier molecular flexibility index (Phi) is 4.33. The molecule has 0 bridgehead atoms. The molecule has 0 fully saturated rings. The van der Waals surface area contributed by atoms with Gasteiger partial charge in [0.05, 0.1) is 18.9 Å². The van der Waals surface area contributed by atoms with Gasteiger partial charge < -0.3 is 14.8 Å². The molecule has 1 aliphatic rings. The first-order chi connectivity index (χ1) is 12.2. The lowest BCUT2D eigenvalue weighted by molar-refractivity contribution is -0.111. The van der Waals surface area contributed by atoms with E-state index in [1.54, 1.807) is 24.3 Å². The van der Waals surface area contributed by atoms with Crippen molar-refractivity contribution in [1.29, 1.82) is 0 Å². The number of thiazole rings is 1. The molecule has 0 aliphatic carbocycles. The monoisotopic (exact) mass is 375 g/mol. The van der Waals surface area contributed by atoms with Gasteiger partial charge in [-0.3, -0.25) is 9.20 Å². The molecule has 0 atom stereocenters. The number of hydrogen-bond acceptors (Lipinski definition) is 5. The van der Waals surface area contributed by atoms with Crippen LogP contribution in [0, 0.1) is 0 Å². The molecule has 4 rings (SSSR count). The van der Waals surface area contributed by atoms with Crippen LogP contribution in [0.15, 0.2) is 35.9 Å². The van der Waals surface area contributed by atoms with E-state index >= 15 is 0 Å². The Hall–Kier alpha value is -2.51. The van der Waals surface area contributed by atoms with Crippen LogP contribution < -0.4 is 14.8 Å². The molecule has 6 nitrogen and oxygen atoms in total. The van der Waals surface area contributed by atoms with E-state index in [2.05, 4.69) is 10.3 Å². The van der Waals surface area contributed by atoms with Crippen LogP contribution in [0.25, 0.3) is 11.0 Å². The van der Waals surface area contributed by atoms with Gasteiger partial charge in [0.1, 0.15) is 0 Å². The van der Waals surface area contributed by atoms with E-state index in [1.807, 2.05) is 16.0 Å². The number of fused-ring (bicyclic) bond motifs is 2. The smallest absolute Gasteiger partial charge is 0.248 e. The summed E-state index contributed by atoms with van der Waals surface area (Å²) in [5.41, 5.74) is 1.31. The van der Waals surface area contributed by atoms with Gasteiger partial charge in [-0.15, -0.1) is 11.3 Å². The third kappa shape index (κ3) is 3.33. The highest BCUT2D eigenvalue weighted by atomic mass is 35.5. The first-order valence-corrected chi connectivity index (χ1v) is 8.96. The maximum absolute atomic E-state index is 12.2. The number of rotatable bonds is 3. The van der Waals surface area contributed by atoms with Crippen molar-refractivity contribution in [3.63, 3.8) is 0 Å². The zero-order chi connectivity index (χ0) is 17.2. The predicted octanol–water partition coefficient (Wildman–Crippen LogP) is 3.86. The summed E-state index contributed by atoms with van der Waals surface area (Å²) in [5.74, 6) is 1.06. The van der Waals surface area contributed by atoms with Gasteiger partial charge in [0.15, 0.2) is 21.6 Å². The van der Waals surface area contributed by atoms with Gasteiger partial charge in [-0.25, -0.2) is 4.98 Å². The Balaban J connectivity index is 1.49. The maximum Gasteiger partial charge on any atom is 0.248 e. The van der Waals surface area contributed by atoms with E-state index in [9.17, 15) is 4.79 Å². The molecule has 128 valence electrons. The number of anilines is 1. The summed E-state index contributed by atoms with van der Waals surface area (Å²) in [4.78, 5) is 17.2. The van der Waals surface area contributed by atoms with Gasteiger partial charge in [-0.2, -0.15) is 0 Å². The normalized spacial score (nSPS) is 14.0. The Bertz CT molecular complexity index is 963. The maximum atomic E-state index is 12.2. The van der Waals surface area contributed by atoms with E-state index < -0.39 is 0 Å². The van der Waals surface area contributed by atoms with Crippen LogP contribution in [0.2, 0.25) is 5.15 Å². The van der Waals surface area contributed by atoms with E-state index in [4.69, 9.17) is 21.1 Å². The van der Waals surface area contributed by atoms with Crippen LogP contribution in [-0.4, -0.2) is 28.5 Å². The van der Waals surface area contributed by atoms with Gasteiger partial charge in [0.2, 0.25) is 5.91 Å². The Morgan fingerprint density at radius 3 is 3.04 bits per heavy atom. The SMILES string of the molecule is O=C(/C=C/c1c(Cl)nc2sccn12)Nc1ccc2c(c1)OCCCO2. The van der Waals surface area contributed by atoms with Gasteiger partial charge in [-0.05, 0) is 18.2 Å². The third-order valence-electron chi connectivity index (χ3n) is 3.66. The molecule has 0 spiro atoms. The molecule has 0 unspecified atom stereocenters. The molecular formula is C17H14ClN3O3S. The van der Waals surface area contributed by atoms with Crippen LogP contribution in [0.4, 0.5) is 5.69 Å². The number of carbonyl (C=O) groups excluding carboxylic acids is 1. The molecule has 25 heavy (non-hydrogen) atoms. The zero-order valence-corrected chi connectivity index (χ0v) is 14.6. The molecule has 0 radical (unpaired) electrons. The van der Waals surface area contributed by atoms with E-state index in [0.29, 0.717) is 41.2 Å². The average molecular weight is 376 g/mol. The van der Waals surface area contributed by atoms with E-state index in [-0.39, 0.29) is 5.91 Å². The predicted molar refractivity (Wildman–Crippen MR) is 97.8 cm³/mol. The van der Waals surface area contributed by atoms with Gasteiger partial charge >= 0.3 is 0 Å².